The standard InChI is InChI=1S/C28H29N5O3/c1-2-33-27(35)24-13-8-21(18-25(24)30-28(33)36)26(34)29-22-9-11-23(12-10-22)32-16-14-31(15-17-32)19-20-6-4-3-5-7-20/h3-13,18H,2,14-17,19H2,1H3,(H,29,34)(H,30,36). The van der Waals surface area contributed by atoms with Crippen molar-refractivity contribution in [3.63, 3.8) is 0 Å². The van der Waals surface area contributed by atoms with E-state index < -0.39 is 5.69 Å². The van der Waals surface area contributed by atoms with Crippen LogP contribution in [0.3, 0.4) is 0 Å². The highest BCUT2D eigenvalue weighted by molar-refractivity contribution is 6.06. The third kappa shape index (κ3) is 4.94. The number of carbonyl (C=O) groups is 1. The number of anilines is 2. The van der Waals surface area contributed by atoms with Gasteiger partial charge < -0.3 is 15.2 Å². The molecule has 0 aliphatic carbocycles. The quantitative estimate of drug-likeness (QED) is 0.439. The fourth-order valence-corrected chi connectivity index (χ4v) is 4.65. The first-order valence-corrected chi connectivity index (χ1v) is 12.2. The van der Waals surface area contributed by atoms with Crippen molar-refractivity contribution >= 4 is 28.2 Å². The van der Waals surface area contributed by atoms with Gasteiger partial charge in [-0.1, -0.05) is 30.3 Å². The van der Waals surface area contributed by atoms with Gasteiger partial charge >= 0.3 is 5.69 Å². The van der Waals surface area contributed by atoms with E-state index in [0.717, 1.165) is 43.0 Å². The van der Waals surface area contributed by atoms with Gasteiger partial charge in [0.1, 0.15) is 0 Å². The molecule has 1 aliphatic heterocycles. The average Bonchev–Trinajstić information content (AvgIpc) is 2.90. The minimum absolute atomic E-state index is 0.283. The first-order valence-electron chi connectivity index (χ1n) is 12.2. The van der Waals surface area contributed by atoms with E-state index >= 15 is 0 Å². The van der Waals surface area contributed by atoms with Crippen molar-refractivity contribution in [3.05, 3.63) is 105 Å². The maximum Gasteiger partial charge on any atom is 0.328 e. The number of amides is 1. The van der Waals surface area contributed by atoms with Gasteiger partial charge in [0.25, 0.3) is 11.5 Å². The number of H-pyrrole nitrogens is 1. The molecule has 184 valence electrons. The van der Waals surface area contributed by atoms with Crippen LogP contribution in [-0.4, -0.2) is 46.5 Å². The molecule has 0 spiro atoms. The van der Waals surface area contributed by atoms with Crippen LogP contribution in [0.4, 0.5) is 11.4 Å². The monoisotopic (exact) mass is 483 g/mol. The van der Waals surface area contributed by atoms with Crippen molar-refractivity contribution in [1.29, 1.82) is 0 Å². The van der Waals surface area contributed by atoms with Crippen LogP contribution in [0.2, 0.25) is 0 Å². The minimum atomic E-state index is -0.482. The Bertz CT molecular complexity index is 1480. The second-order valence-electron chi connectivity index (χ2n) is 8.99. The molecule has 0 unspecified atom stereocenters. The number of benzene rings is 3. The van der Waals surface area contributed by atoms with Gasteiger partial charge in [-0.15, -0.1) is 0 Å². The van der Waals surface area contributed by atoms with Crippen LogP contribution in [0.25, 0.3) is 10.9 Å². The number of aromatic nitrogens is 2. The van der Waals surface area contributed by atoms with Gasteiger partial charge in [0.05, 0.1) is 10.9 Å². The summed E-state index contributed by atoms with van der Waals surface area (Å²) < 4.78 is 1.13. The Balaban J connectivity index is 1.21. The molecule has 0 bridgehead atoms. The van der Waals surface area contributed by atoms with E-state index in [-0.39, 0.29) is 18.0 Å². The maximum absolute atomic E-state index is 12.8. The van der Waals surface area contributed by atoms with Crippen LogP contribution in [0.1, 0.15) is 22.8 Å². The van der Waals surface area contributed by atoms with Crippen LogP contribution in [-0.2, 0) is 13.1 Å². The second kappa shape index (κ2) is 10.2. The molecule has 5 rings (SSSR count). The van der Waals surface area contributed by atoms with Crippen molar-refractivity contribution < 1.29 is 4.79 Å². The molecule has 1 aromatic heterocycles. The molecular formula is C28H29N5O3. The Labute approximate surface area is 208 Å². The van der Waals surface area contributed by atoms with E-state index in [4.69, 9.17) is 0 Å². The van der Waals surface area contributed by atoms with E-state index in [1.54, 1.807) is 19.1 Å². The summed E-state index contributed by atoms with van der Waals surface area (Å²) in [5.41, 5.74) is 3.02. The molecule has 2 N–H and O–H groups in total. The van der Waals surface area contributed by atoms with Gasteiger partial charge in [-0.25, -0.2) is 4.79 Å². The zero-order valence-electron chi connectivity index (χ0n) is 20.2. The lowest BCUT2D eigenvalue weighted by Gasteiger charge is -2.36. The molecule has 36 heavy (non-hydrogen) atoms. The zero-order valence-corrected chi connectivity index (χ0v) is 20.2. The molecule has 4 aromatic rings. The van der Waals surface area contributed by atoms with Gasteiger partial charge in [0.2, 0.25) is 0 Å². The highest BCUT2D eigenvalue weighted by Gasteiger charge is 2.17. The summed E-state index contributed by atoms with van der Waals surface area (Å²) >= 11 is 0. The van der Waals surface area contributed by atoms with E-state index in [1.807, 2.05) is 30.3 Å². The summed E-state index contributed by atoms with van der Waals surface area (Å²) in [5.74, 6) is -0.306. The summed E-state index contributed by atoms with van der Waals surface area (Å²) in [6.07, 6.45) is 0. The Hall–Kier alpha value is -4.17. The smallest absolute Gasteiger partial charge is 0.328 e. The van der Waals surface area contributed by atoms with Gasteiger partial charge in [-0.3, -0.25) is 19.1 Å². The molecule has 0 radical (unpaired) electrons. The molecule has 0 saturated carbocycles. The van der Waals surface area contributed by atoms with E-state index in [9.17, 15) is 14.4 Å². The molecule has 1 fully saturated rings. The van der Waals surface area contributed by atoms with Gasteiger partial charge in [-0.05, 0) is 55.0 Å². The molecule has 0 atom stereocenters. The van der Waals surface area contributed by atoms with Crippen LogP contribution in [0.5, 0.6) is 0 Å². The highest BCUT2D eigenvalue weighted by atomic mass is 16.2. The second-order valence-corrected chi connectivity index (χ2v) is 8.99. The molecule has 3 aromatic carbocycles. The normalized spacial score (nSPS) is 14.2. The lowest BCUT2D eigenvalue weighted by Crippen LogP contribution is -2.45. The summed E-state index contributed by atoms with van der Waals surface area (Å²) in [6, 6.07) is 23.1. The van der Waals surface area contributed by atoms with Gasteiger partial charge in [-0.2, -0.15) is 0 Å². The molecule has 2 heterocycles. The number of carbonyl (C=O) groups excluding carboxylic acids is 1. The summed E-state index contributed by atoms with van der Waals surface area (Å²) in [4.78, 5) is 44.9. The predicted octanol–water partition coefficient (Wildman–Crippen LogP) is 3.28. The van der Waals surface area contributed by atoms with E-state index in [2.05, 4.69) is 44.4 Å². The fourth-order valence-electron chi connectivity index (χ4n) is 4.65. The van der Waals surface area contributed by atoms with Crippen LogP contribution >= 0.6 is 0 Å². The predicted molar refractivity (Wildman–Crippen MR) is 143 cm³/mol. The third-order valence-electron chi connectivity index (χ3n) is 6.67. The lowest BCUT2D eigenvalue weighted by molar-refractivity contribution is 0.102. The third-order valence-corrected chi connectivity index (χ3v) is 6.67. The van der Waals surface area contributed by atoms with Crippen LogP contribution in [0, 0.1) is 0 Å². The van der Waals surface area contributed by atoms with Crippen molar-refractivity contribution in [1.82, 2.24) is 14.5 Å². The van der Waals surface area contributed by atoms with E-state index in [0.29, 0.717) is 22.2 Å². The Morgan fingerprint density at radius 3 is 2.33 bits per heavy atom. The maximum atomic E-state index is 12.8. The fraction of sp³-hybridized carbons (Fsp3) is 0.250. The van der Waals surface area contributed by atoms with Gasteiger partial charge in [0, 0.05) is 56.2 Å². The number of nitrogens with zero attached hydrogens (tertiary/aromatic N) is 3. The van der Waals surface area contributed by atoms with Crippen LogP contribution < -0.4 is 21.5 Å². The molecular weight excluding hydrogens is 454 g/mol. The summed E-state index contributed by atoms with van der Waals surface area (Å²) in [5, 5.41) is 3.27. The molecule has 1 aliphatic rings. The Morgan fingerprint density at radius 2 is 1.64 bits per heavy atom. The highest BCUT2D eigenvalue weighted by Crippen LogP contribution is 2.21. The van der Waals surface area contributed by atoms with Crippen molar-refractivity contribution in [2.45, 2.75) is 20.0 Å². The minimum Gasteiger partial charge on any atom is -0.369 e. The Morgan fingerprint density at radius 1 is 0.917 bits per heavy atom. The van der Waals surface area contributed by atoms with Gasteiger partial charge in [0.15, 0.2) is 0 Å². The van der Waals surface area contributed by atoms with Crippen molar-refractivity contribution in [2.75, 3.05) is 36.4 Å². The Kier molecular flexibility index (Phi) is 6.69. The van der Waals surface area contributed by atoms with Crippen molar-refractivity contribution in [2.24, 2.45) is 0 Å². The first kappa shape index (κ1) is 23.6. The zero-order chi connectivity index (χ0) is 25.1. The largest absolute Gasteiger partial charge is 0.369 e. The number of nitrogens with one attached hydrogen (secondary N) is 2. The number of rotatable bonds is 6. The van der Waals surface area contributed by atoms with Crippen molar-refractivity contribution in [3.8, 4) is 0 Å². The number of piperazine rings is 1. The number of aromatic amines is 1. The summed E-state index contributed by atoms with van der Waals surface area (Å²) in [6.45, 7) is 6.90. The average molecular weight is 484 g/mol. The number of hydrogen-bond donors (Lipinski definition) is 2. The molecule has 1 amide bonds. The van der Waals surface area contributed by atoms with Crippen LogP contribution in [0.15, 0.2) is 82.4 Å². The number of fused-ring (bicyclic) bond motifs is 1. The SMILES string of the molecule is CCn1c(=O)[nH]c2cc(C(=O)Nc3ccc(N4CCN(Cc5ccccc5)CC4)cc3)ccc2c1=O. The molecule has 8 nitrogen and oxygen atoms in total. The number of hydrogen-bond acceptors (Lipinski definition) is 5. The first-order chi connectivity index (χ1) is 17.5. The van der Waals surface area contributed by atoms with E-state index in [1.165, 1.54) is 11.6 Å². The summed E-state index contributed by atoms with van der Waals surface area (Å²) in [7, 11) is 0. The topological polar surface area (TPSA) is 90.4 Å². The lowest BCUT2D eigenvalue weighted by atomic mass is 10.1. The molecule has 1 saturated heterocycles. The molecule has 8 heteroatoms.